The first-order valence-corrected chi connectivity index (χ1v) is 8.81. The Morgan fingerprint density at radius 1 is 1.08 bits per heavy atom. The first-order chi connectivity index (χ1) is 11.8. The number of hydrogen-bond acceptors (Lipinski definition) is 3. The average molecular weight is 359 g/mol. The molecule has 0 aliphatic carbocycles. The van der Waals surface area contributed by atoms with Crippen LogP contribution in [0.2, 0.25) is 5.02 Å². The molecule has 0 atom stereocenters. The summed E-state index contributed by atoms with van der Waals surface area (Å²) in [6.07, 6.45) is 0. The summed E-state index contributed by atoms with van der Waals surface area (Å²) in [5.41, 5.74) is 2.68. The molecule has 25 heavy (non-hydrogen) atoms. The van der Waals surface area contributed by atoms with Gasteiger partial charge in [0, 0.05) is 42.4 Å². The summed E-state index contributed by atoms with van der Waals surface area (Å²) in [7, 11) is 0. The molecule has 2 aromatic rings. The summed E-state index contributed by atoms with van der Waals surface area (Å²) in [4.78, 5) is 15.8. The van der Waals surface area contributed by atoms with E-state index in [9.17, 15) is 4.79 Å². The number of carboxylic acids is 1. The molecule has 4 nitrogen and oxygen atoms in total. The molecule has 1 heterocycles. The van der Waals surface area contributed by atoms with Crippen LogP contribution in [0.3, 0.4) is 0 Å². The van der Waals surface area contributed by atoms with E-state index in [4.69, 9.17) is 16.7 Å². The number of hydrogen-bond donors (Lipinski definition) is 1. The Morgan fingerprint density at radius 2 is 1.72 bits per heavy atom. The highest BCUT2D eigenvalue weighted by atomic mass is 35.5. The van der Waals surface area contributed by atoms with Crippen molar-refractivity contribution >= 4 is 23.3 Å². The molecule has 0 bridgehead atoms. The fourth-order valence-electron chi connectivity index (χ4n) is 3.33. The van der Waals surface area contributed by atoms with E-state index < -0.39 is 5.97 Å². The number of aromatic carboxylic acids is 1. The van der Waals surface area contributed by atoms with E-state index in [1.54, 1.807) is 12.1 Å². The second-order valence-corrected chi connectivity index (χ2v) is 7.57. The van der Waals surface area contributed by atoms with Crippen LogP contribution in [0.4, 0.5) is 5.69 Å². The molecule has 1 N–H and O–H groups in total. The number of halogens is 1. The Bertz CT molecular complexity index is 741. The Hall–Kier alpha value is -2.04. The minimum absolute atomic E-state index is 0.0172. The predicted octanol–water partition coefficient (Wildman–Crippen LogP) is 4.14. The van der Waals surface area contributed by atoms with Gasteiger partial charge in [-0.3, -0.25) is 4.90 Å². The maximum atomic E-state index is 11.0. The number of rotatable bonds is 4. The van der Waals surface area contributed by atoms with Crippen LogP contribution in [0.5, 0.6) is 0 Å². The zero-order chi connectivity index (χ0) is 18.0. The topological polar surface area (TPSA) is 43.8 Å². The Labute approximate surface area is 153 Å². The molecule has 1 saturated heterocycles. The van der Waals surface area contributed by atoms with Crippen molar-refractivity contribution < 1.29 is 9.90 Å². The molecule has 0 amide bonds. The molecule has 0 saturated carbocycles. The van der Waals surface area contributed by atoms with Crippen LogP contribution in [-0.2, 0) is 6.54 Å². The van der Waals surface area contributed by atoms with Gasteiger partial charge in [0.25, 0.3) is 0 Å². The molecule has 1 aliphatic rings. The summed E-state index contributed by atoms with van der Waals surface area (Å²) in [6, 6.07) is 15.2. The van der Waals surface area contributed by atoms with Gasteiger partial charge in [-0.1, -0.05) is 23.7 Å². The standard InChI is InChI=1S/C20H23ClN2O2/c1-20(2)14-22(18-9-7-17(21)8-10-18)11-12-23(20)13-15-3-5-16(6-4-15)19(24)25/h3-10H,11-14H2,1-2H3,(H,24,25). The Morgan fingerprint density at radius 3 is 2.28 bits per heavy atom. The van der Waals surface area contributed by atoms with Crippen molar-refractivity contribution in [1.82, 2.24) is 4.90 Å². The van der Waals surface area contributed by atoms with Gasteiger partial charge < -0.3 is 10.0 Å². The molecule has 3 rings (SSSR count). The summed E-state index contributed by atoms with van der Waals surface area (Å²) in [6.45, 7) is 8.17. The summed E-state index contributed by atoms with van der Waals surface area (Å²) in [5.74, 6) is -0.886. The van der Waals surface area contributed by atoms with E-state index in [0.29, 0.717) is 5.56 Å². The lowest BCUT2D eigenvalue weighted by Gasteiger charge is -2.48. The van der Waals surface area contributed by atoms with Crippen molar-refractivity contribution in [2.75, 3.05) is 24.5 Å². The largest absolute Gasteiger partial charge is 0.478 e. The Balaban J connectivity index is 1.68. The zero-order valence-corrected chi connectivity index (χ0v) is 15.3. The van der Waals surface area contributed by atoms with Gasteiger partial charge in [0.2, 0.25) is 0 Å². The second-order valence-electron chi connectivity index (χ2n) is 7.13. The number of piperazine rings is 1. The van der Waals surface area contributed by atoms with Crippen LogP contribution in [0.25, 0.3) is 0 Å². The molecule has 0 radical (unpaired) electrons. The molecule has 5 heteroatoms. The third-order valence-corrected chi connectivity index (χ3v) is 5.09. The number of nitrogens with zero attached hydrogens (tertiary/aromatic N) is 2. The van der Waals surface area contributed by atoms with Gasteiger partial charge in [-0.25, -0.2) is 4.79 Å². The normalized spacial score (nSPS) is 17.5. The van der Waals surface area contributed by atoms with Gasteiger partial charge in [-0.2, -0.15) is 0 Å². The fraction of sp³-hybridized carbons (Fsp3) is 0.350. The monoisotopic (exact) mass is 358 g/mol. The maximum Gasteiger partial charge on any atom is 0.335 e. The highest BCUT2D eigenvalue weighted by Gasteiger charge is 2.33. The van der Waals surface area contributed by atoms with Crippen LogP contribution < -0.4 is 4.90 Å². The van der Waals surface area contributed by atoms with E-state index in [1.807, 2.05) is 24.3 Å². The van der Waals surface area contributed by atoms with E-state index >= 15 is 0 Å². The SMILES string of the molecule is CC1(C)CN(c2ccc(Cl)cc2)CCN1Cc1ccc(C(=O)O)cc1. The smallest absolute Gasteiger partial charge is 0.335 e. The van der Waals surface area contributed by atoms with E-state index in [-0.39, 0.29) is 5.54 Å². The number of carbonyl (C=O) groups is 1. The zero-order valence-electron chi connectivity index (χ0n) is 14.6. The lowest BCUT2D eigenvalue weighted by Crippen LogP contribution is -2.58. The van der Waals surface area contributed by atoms with E-state index in [0.717, 1.165) is 36.8 Å². The molecule has 1 aliphatic heterocycles. The first-order valence-electron chi connectivity index (χ1n) is 8.43. The van der Waals surface area contributed by atoms with Gasteiger partial charge in [0.15, 0.2) is 0 Å². The number of benzene rings is 2. The lowest BCUT2D eigenvalue weighted by molar-refractivity contribution is 0.0696. The lowest BCUT2D eigenvalue weighted by atomic mass is 9.97. The molecule has 1 fully saturated rings. The first kappa shape index (κ1) is 17.8. The van der Waals surface area contributed by atoms with Crippen molar-refractivity contribution in [3.63, 3.8) is 0 Å². The third kappa shape index (κ3) is 4.14. The highest BCUT2D eigenvalue weighted by molar-refractivity contribution is 6.30. The van der Waals surface area contributed by atoms with Crippen LogP contribution in [0.15, 0.2) is 48.5 Å². The van der Waals surface area contributed by atoms with Crippen LogP contribution in [-0.4, -0.2) is 41.1 Å². The molecule has 132 valence electrons. The summed E-state index contributed by atoms with van der Waals surface area (Å²) in [5, 5.41) is 9.77. The van der Waals surface area contributed by atoms with Crippen molar-refractivity contribution in [3.05, 3.63) is 64.7 Å². The van der Waals surface area contributed by atoms with Gasteiger partial charge >= 0.3 is 5.97 Å². The summed E-state index contributed by atoms with van der Waals surface area (Å²) < 4.78 is 0. The van der Waals surface area contributed by atoms with Gasteiger partial charge in [-0.15, -0.1) is 0 Å². The fourth-order valence-corrected chi connectivity index (χ4v) is 3.45. The average Bonchev–Trinajstić information content (AvgIpc) is 2.57. The van der Waals surface area contributed by atoms with E-state index in [1.165, 1.54) is 5.69 Å². The molecule has 0 spiro atoms. The molecular formula is C20H23ClN2O2. The summed E-state index contributed by atoms with van der Waals surface area (Å²) >= 11 is 5.99. The van der Waals surface area contributed by atoms with Crippen LogP contribution in [0, 0.1) is 0 Å². The van der Waals surface area contributed by atoms with Gasteiger partial charge in [-0.05, 0) is 55.8 Å². The minimum Gasteiger partial charge on any atom is -0.478 e. The minimum atomic E-state index is -0.886. The van der Waals surface area contributed by atoms with Crippen molar-refractivity contribution in [2.24, 2.45) is 0 Å². The third-order valence-electron chi connectivity index (χ3n) is 4.84. The molecule has 2 aromatic carbocycles. The van der Waals surface area contributed by atoms with Crippen molar-refractivity contribution in [3.8, 4) is 0 Å². The number of carboxylic acid groups (broad SMARTS) is 1. The quantitative estimate of drug-likeness (QED) is 0.892. The van der Waals surface area contributed by atoms with Crippen LogP contribution >= 0.6 is 11.6 Å². The predicted molar refractivity (Wildman–Crippen MR) is 102 cm³/mol. The van der Waals surface area contributed by atoms with Crippen LogP contribution in [0.1, 0.15) is 29.8 Å². The Kier molecular flexibility index (Phi) is 5.02. The molecule has 0 unspecified atom stereocenters. The molecule has 0 aromatic heterocycles. The highest BCUT2D eigenvalue weighted by Crippen LogP contribution is 2.28. The second kappa shape index (κ2) is 7.06. The van der Waals surface area contributed by atoms with Gasteiger partial charge in [0.1, 0.15) is 0 Å². The maximum absolute atomic E-state index is 11.0. The molecular weight excluding hydrogens is 336 g/mol. The number of anilines is 1. The van der Waals surface area contributed by atoms with Crippen molar-refractivity contribution in [1.29, 1.82) is 0 Å². The van der Waals surface area contributed by atoms with Crippen molar-refractivity contribution in [2.45, 2.75) is 25.9 Å². The van der Waals surface area contributed by atoms with Gasteiger partial charge in [0.05, 0.1) is 5.56 Å². The van der Waals surface area contributed by atoms with E-state index in [2.05, 4.69) is 35.8 Å².